The van der Waals surface area contributed by atoms with Crippen LogP contribution in [-0.2, 0) is 0 Å². The van der Waals surface area contributed by atoms with Gasteiger partial charge < -0.3 is 19.9 Å². The average Bonchev–Trinajstić information content (AvgIpc) is 2.67. The molecule has 1 aliphatic rings. The molecule has 1 aliphatic heterocycles. The molecule has 0 spiro atoms. The Balaban J connectivity index is 1.49. The zero-order valence-electron chi connectivity index (χ0n) is 14.2. The fraction of sp³-hybridized carbons (Fsp3) is 0.100. The van der Waals surface area contributed by atoms with Crippen molar-refractivity contribution in [1.29, 1.82) is 0 Å². The molecule has 7 heteroatoms. The minimum Gasteiger partial charge on any atom is -0.508 e. The van der Waals surface area contributed by atoms with E-state index in [0.717, 1.165) is 16.5 Å². The number of anilines is 1. The Kier molecular flexibility index (Phi) is 4.52. The van der Waals surface area contributed by atoms with Gasteiger partial charge in [-0.3, -0.25) is 10.1 Å². The van der Waals surface area contributed by atoms with Crippen LogP contribution in [0.1, 0.15) is 10.4 Å². The standard InChI is InChI=1S/C20H16N2O4S/c23-14-5-6-15-12(10-14)2-1-3-16(15)21-20(27)22-19(24)13-4-7-17-18(11-13)26-9-8-25-17/h1-7,10-11,23H,8-9H2,(H2,21,22,24,27). The number of thiocarbonyl (C=S) groups is 1. The van der Waals surface area contributed by atoms with Crippen LogP contribution >= 0.6 is 12.2 Å². The third-order valence-corrected chi connectivity index (χ3v) is 4.35. The van der Waals surface area contributed by atoms with Crippen molar-refractivity contribution in [2.45, 2.75) is 0 Å². The maximum absolute atomic E-state index is 12.5. The first-order chi connectivity index (χ1) is 13.1. The monoisotopic (exact) mass is 380 g/mol. The Morgan fingerprint density at radius 3 is 2.67 bits per heavy atom. The van der Waals surface area contributed by atoms with Crippen LogP contribution in [0.25, 0.3) is 10.8 Å². The second-order valence-corrected chi connectivity index (χ2v) is 6.39. The summed E-state index contributed by atoms with van der Waals surface area (Å²) in [7, 11) is 0. The number of rotatable bonds is 2. The van der Waals surface area contributed by atoms with Crippen LogP contribution in [0.3, 0.4) is 0 Å². The van der Waals surface area contributed by atoms with E-state index >= 15 is 0 Å². The number of phenolic OH excluding ortho intramolecular Hbond substituents is 1. The van der Waals surface area contributed by atoms with Gasteiger partial charge in [-0.05, 0) is 60.1 Å². The fourth-order valence-corrected chi connectivity index (χ4v) is 3.10. The lowest BCUT2D eigenvalue weighted by Gasteiger charge is -2.18. The summed E-state index contributed by atoms with van der Waals surface area (Å²) in [4.78, 5) is 12.5. The van der Waals surface area contributed by atoms with Crippen LogP contribution < -0.4 is 20.1 Å². The van der Waals surface area contributed by atoms with Crippen molar-refractivity contribution in [1.82, 2.24) is 5.32 Å². The minimum atomic E-state index is -0.345. The number of carbonyl (C=O) groups excluding carboxylic acids is 1. The summed E-state index contributed by atoms with van der Waals surface area (Å²) < 4.78 is 11.0. The van der Waals surface area contributed by atoms with Gasteiger partial charge in [-0.2, -0.15) is 0 Å². The first kappa shape index (κ1) is 17.1. The lowest BCUT2D eigenvalue weighted by atomic mass is 10.1. The highest BCUT2D eigenvalue weighted by Crippen LogP contribution is 2.31. The highest BCUT2D eigenvalue weighted by Gasteiger charge is 2.16. The number of carbonyl (C=O) groups is 1. The van der Waals surface area contributed by atoms with Gasteiger partial charge in [0, 0.05) is 16.6 Å². The second-order valence-electron chi connectivity index (χ2n) is 5.98. The average molecular weight is 380 g/mol. The summed E-state index contributed by atoms with van der Waals surface area (Å²) in [5.41, 5.74) is 1.16. The number of phenols is 1. The van der Waals surface area contributed by atoms with Crippen LogP contribution in [0.15, 0.2) is 54.6 Å². The molecule has 0 fully saturated rings. The largest absolute Gasteiger partial charge is 0.508 e. The minimum absolute atomic E-state index is 0.176. The first-order valence-corrected chi connectivity index (χ1v) is 8.75. The third kappa shape index (κ3) is 3.63. The topological polar surface area (TPSA) is 79.8 Å². The summed E-state index contributed by atoms with van der Waals surface area (Å²) in [6.45, 7) is 0.948. The molecule has 0 atom stereocenters. The van der Waals surface area contributed by atoms with Gasteiger partial charge in [-0.15, -0.1) is 0 Å². The van der Waals surface area contributed by atoms with E-state index in [9.17, 15) is 9.90 Å². The summed E-state index contributed by atoms with van der Waals surface area (Å²) in [6.07, 6.45) is 0. The molecule has 4 rings (SSSR count). The Labute approximate surface area is 160 Å². The number of ether oxygens (including phenoxy) is 2. The van der Waals surface area contributed by atoms with Crippen LogP contribution in [0, 0.1) is 0 Å². The van der Waals surface area contributed by atoms with Crippen LogP contribution in [0.4, 0.5) is 5.69 Å². The Hall–Kier alpha value is -3.32. The van der Waals surface area contributed by atoms with Crippen LogP contribution in [0.5, 0.6) is 17.2 Å². The Morgan fingerprint density at radius 1 is 1.00 bits per heavy atom. The summed E-state index contributed by atoms with van der Waals surface area (Å²) in [5.74, 6) is 1.01. The molecule has 0 aliphatic carbocycles. The molecule has 3 aromatic carbocycles. The van der Waals surface area contributed by atoms with Crippen molar-refractivity contribution in [3.8, 4) is 17.2 Å². The molecule has 0 bridgehead atoms. The first-order valence-electron chi connectivity index (χ1n) is 8.34. The van der Waals surface area contributed by atoms with Crippen molar-refractivity contribution in [3.63, 3.8) is 0 Å². The van der Waals surface area contributed by atoms with Crippen molar-refractivity contribution in [2.24, 2.45) is 0 Å². The number of amides is 1. The maximum atomic E-state index is 12.5. The lowest BCUT2D eigenvalue weighted by Crippen LogP contribution is -2.34. The molecular weight excluding hydrogens is 364 g/mol. The SMILES string of the molecule is O=C(NC(=S)Nc1cccc2cc(O)ccc12)c1ccc2c(c1)OCCO2. The number of hydrogen-bond acceptors (Lipinski definition) is 5. The summed E-state index contributed by atoms with van der Waals surface area (Å²) in [5, 5.41) is 17.2. The molecule has 1 heterocycles. The molecule has 0 saturated heterocycles. The van der Waals surface area contributed by atoms with E-state index in [1.807, 2.05) is 18.2 Å². The van der Waals surface area contributed by atoms with Crippen molar-refractivity contribution < 1.29 is 19.4 Å². The Morgan fingerprint density at radius 2 is 1.81 bits per heavy atom. The molecule has 136 valence electrons. The van der Waals surface area contributed by atoms with Crippen molar-refractivity contribution in [2.75, 3.05) is 18.5 Å². The molecule has 6 nitrogen and oxygen atoms in total. The molecule has 27 heavy (non-hydrogen) atoms. The van der Waals surface area contributed by atoms with E-state index in [0.29, 0.717) is 30.3 Å². The van der Waals surface area contributed by atoms with E-state index in [1.54, 1.807) is 36.4 Å². The van der Waals surface area contributed by atoms with Crippen LogP contribution in [0.2, 0.25) is 0 Å². The molecule has 1 amide bonds. The van der Waals surface area contributed by atoms with E-state index in [4.69, 9.17) is 21.7 Å². The molecule has 0 saturated carbocycles. The predicted molar refractivity (Wildman–Crippen MR) is 107 cm³/mol. The van der Waals surface area contributed by atoms with Crippen molar-refractivity contribution in [3.05, 3.63) is 60.2 Å². The molecule has 3 N–H and O–H groups in total. The van der Waals surface area contributed by atoms with Crippen molar-refractivity contribution >= 4 is 39.7 Å². The Bertz CT molecular complexity index is 1050. The smallest absolute Gasteiger partial charge is 0.257 e. The van der Waals surface area contributed by atoms with Gasteiger partial charge in [0.1, 0.15) is 19.0 Å². The molecule has 0 aromatic heterocycles. The zero-order valence-corrected chi connectivity index (χ0v) is 15.0. The zero-order chi connectivity index (χ0) is 18.8. The van der Waals surface area contributed by atoms with Gasteiger partial charge in [0.05, 0.1) is 0 Å². The number of hydrogen-bond donors (Lipinski definition) is 3. The van der Waals surface area contributed by atoms with E-state index in [2.05, 4.69) is 10.6 Å². The van der Waals surface area contributed by atoms with E-state index < -0.39 is 0 Å². The van der Waals surface area contributed by atoms with Gasteiger partial charge in [0.2, 0.25) is 0 Å². The highest BCUT2D eigenvalue weighted by molar-refractivity contribution is 7.80. The molecule has 0 radical (unpaired) electrons. The number of benzene rings is 3. The second kappa shape index (κ2) is 7.13. The van der Waals surface area contributed by atoms with E-state index in [-0.39, 0.29) is 16.8 Å². The van der Waals surface area contributed by atoms with Gasteiger partial charge in [0.15, 0.2) is 16.6 Å². The number of nitrogens with one attached hydrogen (secondary N) is 2. The normalized spacial score (nSPS) is 12.4. The molecule has 3 aromatic rings. The number of aromatic hydroxyl groups is 1. The van der Waals surface area contributed by atoms with E-state index in [1.165, 1.54) is 0 Å². The fourth-order valence-electron chi connectivity index (χ4n) is 2.89. The van der Waals surface area contributed by atoms with Gasteiger partial charge in [0.25, 0.3) is 5.91 Å². The quantitative estimate of drug-likeness (QED) is 0.591. The number of fused-ring (bicyclic) bond motifs is 2. The summed E-state index contributed by atoms with van der Waals surface area (Å²) >= 11 is 5.27. The summed E-state index contributed by atoms with van der Waals surface area (Å²) in [6, 6.07) is 15.6. The molecular formula is C20H16N2O4S. The molecule has 0 unspecified atom stereocenters. The predicted octanol–water partition coefficient (Wildman–Crippen LogP) is 3.44. The third-order valence-electron chi connectivity index (χ3n) is 4.14. The lowest BCUT2D eigenvalue weighted by molar-refractivity contribution is 0.0976. The van der Waals surface area contributed by atoms with Gasteiger partial charge in [-0.25, -0.2) is 0 Å². The van der Waals surface area contributed by atoms with Gasteiger partial charge >= 0.3 is 0 Å². The van der Waals surface area contributed by atoms with Crippen LogP contribution in [-0.4, -0.2) is 29.3 Å². The maximum Gasteiger partial charge on any atom is 0.257 e. The highest BCUT2D eigenvalue weighted by atomic mass is 32.1. The van der Waals surface area contributed by atoms with Gasteiger partial charge in [-0.1, -0.05) is 12.1 Å².